The van der Waals surface area contributed by atoms with E-state index in [9.17, 15) is 4.79 Å². The minimum absolute atomic E-state index is 0.295. The molecule has 1 aromatic carbocycles. The van der Waals surface area contributed by atoms with Crippen molar-refractivity contribution < 1.29 is 9.90 Å². The van der Waals surface area contributed by atoms with Gasteiger partial charge in [-0.3, -0.25) is 0 Å². The van der Waals surface area contributed by atoms with Gasteiger partial charge in [-0.15, -0.1) is 0 Å². The minimum atomic E-state index is -1.15. The van der Waals surface area contributed by atoms with E-state index in [4.69, 9.17) is 21.8 Å². The van der Waals surface area contributed by atoms with Crippen LogP contribution in [0, 0.1) is 11.3 Å². The number of guanidine groups is 1. The molecule has 0 spiro atoms. The first-order valence-electron chi connectivity index (χ1n) is 4.36. The van der Waals surface area contributed by atoms with Gasteiger partial charge in [0.15, 0.2) is 12.0 Å². The molecule has 6 nitrogen and oxygen atoms in total. The number of benzene rings is 1. The number of carboxylic acid groups (broad SMARTS) is 1. The Morgan fingerprint density at radius 1 is 1.38 bits per heavy atom. The summed E-state index contributed by atoms with van der Waals surface area (Å²) >= 11 is 0. The SMILES string of the molecule is N#Cc1ccc(C(N=C(N)N)C(=O)O)cc1. The Bertz CT molecular complexity index is 455. The van der Waals surface area contributed by atoms with Gasteiger partial charge in [-0.05, 0) is 17.7 Å². The van der Waals surface area contributed by atoms with Gasteiger partial charge < -0.3 is 16.6 Å². The van der Waals surface area contributed by atoms with Crippen molar-refractivity contribution in [2.24, 2.45) is 16.5 Å². The van der Waals surface area contributed by atoms with Gasteiger partial charge in [0, 0.05) is 0 Å². The number of aliphatic carboxylic acids is 1. The standard InChI is InChI=1S/C10H10N4O2/c11-5-6-1-3-7(4-2-6)8(9(15)16)14-10(12)13/h1-4,8H,(H,15,16)(H4,12,13,14). The summed E-state index contributed by atoms with van der Waals surface area (Å²) in [6, 6.07) is 6.81. The molecule has 0 radical (unpaired) electrons. The summed E-state index contributed by atoms with van der Waals surface area (Å²) in [6.45, 7) is 0. The van der Waals surface area contributed by atoms with E-state index >= 15 is 0 Å². The summed E-state index contributed by atoms with van der Waals surface area (Å²) in [7, 11) is 0. The molecular weight excluding hydrogens is 208 g/mol. The van der Waals surface area contributed by atoms with Crippen LogP contribution in [0.15, 0.2) is 29.3 Å². The molecule has 0 amide bonds. The summed E-state index contributed by atoms with van der Waals surface area (Å²) in [4.78, 5) is 14.5. The fourth-order valence-corrected chi connectivity index (χ4v) is 1.16. The zero-order chi connectivity index (χ0) is 12.1. The molecule has 0 fully saturated rings. The van der Waals surface area contributed by atoms with Crippen molar-refractivity contribution in [3.8, 4) is 6.07 Å². The summed E-state index contributed by atoms with van der Waals surface area (Å²) in [5.74, 6) is -1.45. The second kappa shape index (κ2) is 4.79. The van der Waals surface area contributed by atoms with E-state index in [1.165, 1.54) is 24.3 Å². The van der Waals surface area contributed by atoms with Crippen molar-refractivity contribution in [1.82, 2.24) is 0 Å². The minimum Gasteiger partial charge on any atom is -0.479 e. The second-order valence-corrected chi connectivity index (χ2v) is 3.03. The molecule has 16 heavy (non-hydrogen) atoms. The number of carboxylic acids is 1. The van der Waals surface area contributed by atoms with Crippen molar-refractivity contribution >= 4 is 11.9 Å². The third kappa shape index (κ3) is 2.72. The molecule has 0 saturated carbocycles. The van der Waals surface area contributed by atoms with Gasteiger partial charge in [0.1, 0.15) is 0 Å². The zero-order valence-corrected chi connectivity index (χ0v) is 8.29. The summed E-state index contributed by atoms with van der Waals surface area (Å²) in [6.07, 6.45) is 0. The molecule has 1 rings (SSSR count). The van der Waals surface area contributed by atoms with E-state index in [1.54, 1.807) is 0 Å². The highest BCUT2D eigenvalue weighted by Crippen LogP contribution is 2.17. The van der Waals surface area contributed by atoms with Crippen molar-refractivity contribution in [3.63, 3.8) is 0 Å². The first-order chi connectivity index (χ1) is 7.54. The highest BCUT2D eigenvalue weighted by Gasteiger charge is 2.18. The molecule has 6 heteroatoms. The van der Waals surface area contributed by atoms with Crippen molar-refractivity contribution in [2.75, 3.05) is 0 Å². The van der Waals surface area contributed by atoms with Gasteiger partial charge in [-0.2, -0.15) is 5.26 Å². The van der Waals surface area contributed by atoms with E-state index in [0.29, 0.717) is 11.1 Å². The van der Waals surface area contributed by atoms with E-state index in [1.807, 2.05) is 6.07 Å². The van der Waals surface area contributed by atoms with Crippen LogP contribution in [0.5, 0.6) is 0 Å². The van der Waals surface area contributed by atoms with Gasteiger partial charge in [-0.25, -0.2) is 9.79 Å². The first-order valence-corrected chi connectivity index (χ1v) is 4.36. The molecule has 0 aromatic heterocycles. The van der Waals surface area contributed by atoms with Crippen LogP contribution >= 0.6 is 0 Å². The lowest BCUT2D eigenvalue weighted by Gasteiger charge is -2.07. The maximum absolute atomic E-state index is 10.9. The van der Waals surface area contributed by atoms with E-state index in [0.717, 1.165) is 0 Å². The molecule has 1 atom stereocenters. The molecule has 0 bridgehead atoms. The van der Waals surface area contributed by atoms with E-state index in [-0.39, 0.29) is 5.96 Å². The fourth-order valence-electron chi connectivity index (χ4n) is 1.16. The number of aliphatic imine (C=N–C) groups is 1. The molecule has 82 valence electrons. The Kier molecular flexibility index (Phi) is 3.45. The van der Waals surface area contributed by atoms with Crippen LogP contribution in [0.4, 0.5) is 0 Å². The van der Waals surface area contributed by atoms with Crippen molar-refractivity contribution in [2.45, 2.75) is 6.04 Å². The largest absolute Gasteiger partial charge is 0.479 e. The Morgan fingerprint density at radius 2 is 1.94 bits per heavy atom. The Hall–Kier alpha value is -2.55. The van der Waals surface area contributed by atoms with Crippen LogP contribution in [-0.2, 0) is 4.79 Å². The summed E-state index contributed by atoms with van der Waals surface area (Å²) < 4.78 is 0. The van der Waals surface area contributed by atoms with Crippen molar-refractivity contribution in [3.05, 3.63) is 35.4 Å². The molecule has 1 aromatic rings. The molecule has 0 aliphatic carbocycles. The monoisotopic (exact) mass is 218 g/mol. The quantitative estimate of drug-likeness (QED) is 0.484. The van der Waals surface area contributed by atoms with Crippen LogP contribution in [0.1, 0.15) is 17.2 Å². The van der Waals surface area contributed by atoms with E-state index in [2.05, 4.69) is 4.99 Å². The van der Waals surface area contributed by atoms with Gasteiger partial charge in [-0.1, -0.05) is 12.1 Å². The zero-order valence-electron chi connectivity index (χ0n) is 8.29. The average molecular weight is 218 g/mol. The third-order valence-corrected chi connectivity index (χ3v) is 1.87. The number of nitriles is 1. The number of carbonyl (C=O) groups is 1. The van der Waals surface area contributed by atoms with Crippen LogP contribution in [0.3, 0.4) is 0 Å². The van der Waals surface area contributed by atoms with Crippen LogP contribution in [0.2, 0.25) is 0 Å². The number of nitrogens with zero attached hydrogens (tertiary/aromatic N) is 2. The molecule has 1 unspecified atom stereocenters. The van der Waals surface area contributed by atoms with Crippen LogP contribution in [0.25, 0.3) is 0 Å². The second-order valence-electron chi connectivity index (χ2n) is 3.03. The van der Waals surface area contributed by atoms with Crippen LogP contribution < -0.4 is 11.5 Å². The number of rotatable bonds is 3. The number of hydrogen-bond donors (Lipinski definition) is 3. The number of nitrogens with two attached hydrogens (primary N) is 2. The topological polar surface area (TPSA) is 125 Å². The highest BCUT2D eigenvalue weighted by atomic mass is 16.4. The predicted molar refractivity (Wildman–Crippen MR) is 57.3 cm³/mol. The maximum Gasteiger partial charge on any atom is 0.333 e. The Labute approximate surface area is 91.8 Å². The van der Waals surface area contributed by atoms with Gasteiger partial charge in [0.05, 0.1) is 11.6 Å². The lowest BCUT2D eigenvalue weighted by molar-refractivity contribution is -0.138. The van der Waals surface area contributed by atoms with Gasteiger partial charge in [0.2, 0.25) is 0 Å². The lowest BCUT2D eigenvalue weighted by Crippen LogP contribution is -2.25. The number of hydrogen-bond acceptors (Lipinski definition) is 3. The predicted octanol–water partition coefficient (Wildman–Crippen LogP) is -0.0426. The Balaban J connectivity index is 3.08. The van der Waals surface area contributed by atoms with Gasteiger partial charge >= 0.3 is 5.97 Å². The lowest BCUT2D eigenvalue weighted by atomic mass is 10.1. The Morgan fingerprint density at radius 3 is 2.31 bits per heavy atom. The third-order valence-electron chi connectivity index (χ3n) is 1.87. The molecular formula is C10H10N4O2. The summed E-state index contributed by atoms with van der Waals surface area (Å²) in [5.41, 5.74) is 11.1. The highest BCUT2D eigenvalue weighted by molar-refractivity contribution is 5.82. The molecule has 0 aliphatic rings. The normalized spacial score (nSPS) is 11.2. The first kappa shape index (κ1) is 11.5. The molecule has 5 N–H and O–H groups in total. The van der Waals surface area contributed by atoms with Gasteiger partial charge in [0.25, 0.3) is 0 Å². The average Bonchev–Trinajstić information content (AvgIpc) is 2.25. The fraction of sp³-hybridized carbons (Fsp3) is 0.100. The van der Waals surface area contributed by atoms with Crippen LogP contribution in [-0.4, -0.2) is 17.0 Å². The van der Waals surface area contributed by atoms with Crippen molar-refractivity contribution in [1.29, 1.82) is 5.26 Å². The molecule has 0 saturated heterocycles. The maximum atomic E-state index is 10.9. The van der Waals surface area contributed by atoms with E-state index < -0.39 is 12.0 Å². The summed E-state index contributed by atoms with van der Waals surface area (Å²) in [5, 5.41) is 17.5. The molecule has 0 heterocycles. The smallest absolute Gasteiger partial charge is 0.333 e. The molecule has 0 aliphatic heterocycles.